The Morgan fingerprint density at radius 2 is 1.93 bits per heavy atom. The monoisotopic (exact) mass is 391 g/mol. The van der Waals surface area contributed by atoms with Gasteiger partial charge >= 0.3 is 0 Å². The van der Waals surface area contributed by atoms with Crippen molar-refractivity contribution in [1.29, 1.82) is 0 Å². The number of carbonyl (C=O) groups is 2. The molecule has 27 heavy (non-hydrogen) atoms. The first-order valence-electron chi connectivity index (χ1n) is 8.13. The van der Waals surface area contributed by atoms with Gasteiger partial charge in [-0.05, 0) is 31.2 Å². The van der Waals surface area contributed by atoms with E-state index >= 15 is 0 Å². The van der Waals surface area contributed by atoms with Crippen molar-refractivity contribution in [2.45, 2.75) is 6.92 Å². The minimum absolute atomic E-state index is 0.0628. The summed E-state index contributed by atoms with van der Waals surface area (Å²) in [6.45, 7) is 1.49. The topological polar surface area (TPSA) is 63.2 Å². The Labute approximate surface area is 165 Å². The van der Waals surface area contributed by atoms with Crippen LogP contribution in [0.15, 0.2) is 59.8 Å². The Bertz CT molecular complexity index is 1140. The van der Waals surface area contributed by atoms with E-state index in [0.29, 0.717) is 20.5 Å². The molecule has 1 aliphatic rings. The number of thioether (sulfide) groups is 1. The summed E-state index contributed by atoms with van der Waals surface area (Å²) in [6, 6.07) is 12.5. The Hall–Kier alpha value is -2.90. The maximum atomic E-state index is 13.0. The predicted molar refractivity (Wildman–Crippen MR) is 112 cm³/mol. The normalized spacial score (nSPS) is 15.7. The summed E-state index contributed by atoms with van der Waals surface area (Å²) < 4.78 is 0.429. The number of rotatable bonds is 3. The predicted octanol–water partition coefficient (Wildman–Crippen LogP) is 4.24. The molecule has 0 radical (unpaired) electrons. The summed E-state index contributed by atoms with van der Waals surface area (Å²) >= 11 is 6.64. The van der Waals surface area contributed by atoms with Gasteiger partial charge in [-0.25, -0.2) is 0 Å². The highest BCUT2D eigenvalue weighted by atomic mass is 32.2. The van der Waals surface area contributed by atoms with Crippen molar-refractivity contribution in [1.82, 2.24) is 9.97 Å². The van der Waals surface area contributed by atoms with Crippen molar-refractivity contribution in [3.8, 4) is 0 Å². The van der Waals surface area contributed by atoms with E-state index in [1.165, 1.54) is 23.6 Å². The Morgan fingerprint density at radius 3 is 2.74 bits per heavy atom. The summed E-state index contributed by atoms with van der Waals surface area (Å²) in [6.07, 6.45) is 5.04. The molecule has 7 heteroatoms. The van der Waals surface area contributed by atoms with Gasteiger partial charge in [-0.2, -0.15) is 0 Å². The summed E-state index contributed by atoms with van der Waals surface area (Å²) in [4.78, 5) is 35.2. The lowest BCUT2D eigenvalue weighted by atomic mass is 10.1. The lowest BCUT2D eigenvalue weighted by Gasteiger charge is -2.15. The second kappa shape index (κ2) is 7.02. The van der Waals surface area contributed by atoms with Crippen molar-refractivity contribution in [3.05, 3.63) is 70.9 Å². The number of benzene rings is 2. The first-order valence-corrected chi connectivity index (χ1v) is 9.36. The molecule has 2 heterocycles. The number of ketones is 1. The van der Waals surface area contributed by atoms with Gasteiger partial charge in [0.05, 0.1) is 21.6 Å². The maximum Gasteiger partial charge on any atom is 0.270 e. The molecule has 0 aliphatic carbocycles. The molecular formula is C20H13N3O2S2. The Balaban J connectivity index is 1.74. The standard InChI is InChI=1S/C20H13N3O2S2/c1-12(24)13-4-2-6-15(10-13)23-19(25)17(27-20(23)26)11-14-5-3-7-16-18(14)22-9-8-21-16/h2-11H,1H3/b17-11-. The lowest BCUT2D eigenvalue weighted by Crippen LogP contribution is -2.27. The maximum absolute atomic E-state index is 13.0. The second-order valence-corrected chi connectivity index (χ2v) is 7.57. The molecule has 1 amide bonds. The number of anilines is 1. The Kier molecular flexibility index (Phi) is 4.55. The highest BCUT2D eigenvalue weighted by Crippen LogP contribution is 2.36. The van der Waals surface area contributed by atoms with E-state index in [2.05, 4.69) is 9.97 Å². The van der Waals surface area contributed by atoms with Crippen LogP contribution in [0, 0.1) is 0 Å². The fraction of sp³-hybridized carbons (Fsp3) is 0.0500. The molecular weight excluding hydrogens is 378 g/mol. The van der Waals surface area contributed by atoms with E-state index in [1.807, 2.05) is 18.2 Å². The molecule has 1 saturated heterocycles. The lowest BCUT2D eigenvalue weighted by molar-refractivity contribution is -0.113. The van der Waals surface area contributed by atoms with Gasteiger partial charge in [0.1, 0.15) is 0 Å². The van der Waals surface area contributed by atoms with Crippen LogP contribution >= 0.6 is 24.0 Å². The first kappa shape index (κ1) is 17.5. The van der Waals surface area contributed by atoms with E-state index in [9.17, 15) is 9.59 Å². The van der Waals surface area contributed by atoms with E-state index < -0.39 is 0 Å². The quantitative estimate of drug-likeness (QED) is 0.378. The fourth-order valence-electron chi connectivity index (χ4n) is 2.83. The number of Topliss-reactive ketones (excluding diaryl/α,β-unsaturated/α-hetero) is 1. The van der Waals surface area contributed by atoms with Crippen molar-refractivity contribution in [2.24, 2.45) is 0 Å². The van der Waals surface area contributed by atoms with Gasteiger partial charge in [0.15, 0.2) is 10.1 Å². The van der Waals surface area contributed by atoms with E-state index in [4.69, 9.17) is 12.2 Å². The summed E-state index contributed by atoms with van der Waals surface area (Å²) in [7, 11) is 0. The molecule has 2 aromatic carbocycles. The zero-order valence-electron chi connectivity index (χ0n) is 14.2. The zero-order chi connectivity index (χ0) is 19.0. The van der Waals surface area contributed by atoms with Gasteiger partial charge in [-0.15, -0.1) is 0 Å². The van der Waals surface area contributed by atoms with Crippen LogP contribution in [-0.4, -0.2) is 26.0 Å². The number of nitrogens with zero attached hydrogens (tertiary/aromatic N) is 3. The van der Waals surface area contributed by atoms with E-state index in [-0.39, 0.29) is 11.7 Å². The molecule has 1 fully saturated rings. The molecule has 0 saturated carbocycles. The van der Waals surface area contributed by atoms with E-state index in [1.54, 1.807) is 42.7 Å². The van der Waals surface area contributed by atoms with Crippen molar-refractivity contribution < 1.29 is 9.59 Å². The van der Waals surface area contributed by atoms with Gasteiger partial charge in [-0.3, -0.25) is 24.5 Å². The van der Waals surface area contributed by atoms with Crippen LogP contribution in [0.5, 0.6) is 0 Å². The minimum atomic E-state index is -0.216. The number of fused-ring (bicyclic) bond motifs is 1. The SMILES string of the molecule is CC(=O)c1cccc(N2C(=O)/C(=C/c3cccc4nccnc34)SC2=S)c1. The third-order valence-corrected chi connectivity index (χ3v) is 5.42. The number of hydrogen-bond donors (Lipinski definition) is 0. The Morgan fingerprint density at radius 1 is 1.15 bits per heavy atom. The number of para-hydroxylation sites is 1. The van der Waals surface area contributed by atoms with Crippen molar-refractivity contribution in [3.63, 3.8) is 0 Å². The van der Waals surface area contributed by atoms with Gasteiger partial charge in [0, 0.05) is 23.5 Å². The number of thiocarbonyl (C=S) groups is 1. The number of amides is 1. The molecule has 0 bridgehead atoms. The van der Waals surface area contributed by atoms with Crippen LogP contribution in [0.4, 0.5) is 5.69 Å². The summed E-state index contributed by atoms with van der Waals surface area (Å²) in [5, 5.41) is 0. The largest absolute Gasteiger partial charge is 0.295 e. The molecule has 4 rings (SSSR count). The molecule has 3 aromatic rings. The zero-order valence-corrected chi connectivity index (χ0v) is 15.9. The first-order chi connectivity index (χ1) is 13.0. The van der Waals surface area contributed by atoms with Crippen LogP contribution in [-0.2, 0) is 4.79 Å². The third-order valence-electron chi connectivity index (χ3n) is 4.12. The fourth-order valence-corrected chi connectivity index (χ4v) is 4.12. The smallest absolute Gasteiger partial charge is 0.270 e. The third kappa shape index (κ3) is 3.27. The molecule has 1 aliphatic heterocycles. The summed E-state index contributed by atoms with van der Waals surface area (Å²) in [5.74, 6) is -0.279. The van der Waals surface area contributed by atoms with Crippen molar-refractivity contribution >= 4 is 62.8 Å². The van der Waals surface area contributed by atoms with Gasteiger partial charge in [0.25, 0.3) is 5.91 Å². The van der Waals surface area contributed by atoms with Gasteiger partial charge in [-0.1, -0.05) is 48.2 Å². The highest BCUT2D eigenvalue weighted by molar-refractivity contribution is 8.27. The molecule has 0 atom stereocenters. The number of aromatic nitrogens is 2. The van der Waals surface area contributed by atoms with Crippen LogP contribution in [0.3, 0.4) is 0 Å². The van der Waals surface area contributed by atoms with Crippen LogP contribution in [0.25, 0.3) is 17.1 Å². The van der Waals surface area contributed by atoms with Crippen LogP contribution in [0.1, 0.15) is 22.8 Å². The summed E-state index contributed by atoms with van der Waals surface area (Å²) in [5.41, 5.74) is 3.42. The molecule has 5 nitrogen and oxygen atoms in total. The number of hydrogen-bond acceptors (Lipinski definition) is 6. The van der Waals surface area contributed by atoms with E-state index in [0.717, 1.165) is 16.6 Å². The van der Waals surface area contributed by atoms with Crippen LogP contribution in [0.2, 0.25) is 0 Å². The molecule has 1 aromatic heterocycles. The second-order valence-electron chi connectivity index (χ2n) is 5.89. The molecule has 132 valence electrons. The molecule has 0 N–H and O–H groups in total. The van der Waals surface area contributed by atoms with Gasteiger partial charge < -0.3 is 0 Å². The minimum Gasteiger partial charge on any atom is -0.295 e. The molecule has 0 spiro atoms. The highest BCUT2D eigenvalue weighted by Gasteiger charge is 2.33. The average Bonchev–Trinajstić information content (AvgIpc) is 2.95. The van der Waals surface area contributed by atoms with Crippen molar-refractivity contribution in [2.75, 3.05) is 4.90 Å². The van der Waals surface area contributed by atoms with Crippen LogP contribution < -0.4 is 4.90 Å². The molecule has 0 unspecified atom stereocenters. The average molecular weight is 391 g/mol. The number of carbonyl (C=O) groups excluding carboxylic acids is 2. The van der Waals surface area contributed by atoms with Gasteiger partial charge in [0.2, 0.25) is 0 Å².